The summed E-state index contributed by atoms with van der Waals surface area (Å²) in [7, 11) is -4.19. The van der Waals surface area contributed by atoms with Crippen LogP contribution in [0.25, 0.3) is 0 Å². The van der Waals surface area contributed by atoms with Crippen molar-refractivity contribution < 1.29 is 22.7 Å². The zero-order valence-electron chi connectivity index (χ0n) is 23.9. The maximum absolute atomic E-state index is 14.1. The van der Waals surface area contributed by atoms with Crippen LogP contribution in [0.15, 0.2) is 83.8 Å². The minimum Gasteiger partial charge on any atom is -0.494 e. The fourth-order valence-corrected chi connectivity index (χ4v) is 5.80. The predicted molar refractivity (Wildman–Crippen MR) is 163 cm³/mol. The second-order valence-electron chi connectivity index (χ2n) is 9.96. The molecule has 220 valence electrons. The van der Waals surface area contributed by atoms with Crippen LogP contribution in [-0.4, -0.2) is 50.9 Å². The summed E-state index contributed by atoms with van der Waals surface area (Å²) in [5, 5.41) is 3.32. The molecule has 0 aliphatic heterocycles. The number of sulfonamides is 1. The first-order valence-corrected chi connectivity index (χ1v) is 15.5. The summed E-state index contributed by atoms with van der Waals surface area (Å²) < 4.78 is 34.4. The normalized spacial score (nSPS) is 12.0. The van der Waals surface area contributed by atoms with Crippen molar-refractivity contribution in [3.05, 3.63) is 89.4 Å². The van der Waals surface area contributed by atoms with Gasteiger partial charge in [-0.3, -0.25) is 13.9 Å². The van der Waals surface area contributed by atoms with Gasteiger partial charge in [0.15, 0.2) is 0 Å². The molecular formula is C31H38ClN3O5S. The largest absolute Gasteiger partial charge is 0.494 e. The standard InChI is InChI=1S/C31H38ClN3O5S/c1-5-29(31(37)33-20-23(3)4)34(21-24-10-8-7-9-11-24)30(36)22-35(26-14-16-27(17-15-26)40-6-2)41(38,39)28-18-12-25(32)13-19-28/h7-19,23,29H,5-6,20-22H2,1-4H3,(H,33,37)/t29-/m1/s1. The van der Waals surface area contributed by atoms with Gasteiger partial charge in [-0.05, 0) is 73.4 Å². The Morgan fingerprint density at radius 3 is 2.12 bits per heavy atom. The summed E-state index contributed by atoms with van der Waals surface area (Å²) in [4.78, 5) is 28.8. The molecule has 0 aromatic heterocycles. The van der Waals surface area contributed by atoms with E-state index in [0.717, 1.165) is 9.87 Å². The summed E-state index contributed by atoms with van der Waals surface area (Å²) in [5.41, 5.74) is 1.11. The van der Waals surface area contributed by atoms with E-state index in [1.54, 1.807) is 24.3 Å². The number of halogens is 1. The number of nitrogens with one attached hydrogen (secondary N) is 1. The second kappa shape index (κ2) is 14.9. The molecule has 3 aromatic rings. The Balaban J connectivity index is 2.03. The molecule has 1 atom stereocenters. The fraction of sp³-hybridized carbons (Fsp3) is 0.355. The van der Waals surface area contributed by atoms with Crippen molar-refractivity contribution >= 4 is 39.1 Å². The van der Waals surface area contributed by atoms with E-state index in [1.807, 2.05) is 58.0 Å². The number of rotatable bonds is 14. The Kier molecular flexibility index (Phi) is 11.6. The van der Waals surface area contributed by atoms with Gasteiger partial charge < -0.3 is 15.0 Å². The second-order valence-corrected chi connectivity index (χ2v) is 12.3. The Morgan fingerprint density at radius 2 is 1.56 bits per heavy atom. The topological polar surface area (TPSA) is 96.0 Å². The van der Waals surface area contributed by atoms with Crippen LogP contribution in [0.4, 0.5) is 5.69 Å². The lowest BCUT2D eigenvalue weighted by atomic mass is 10.1. The molecule has 0 saturated carbocycles. The van der Waals surface area contributed by atoms with Crippen LogP contribution in [-0.2, 0) is 26.2 Å². The number of nitrogens with zero attached hydrogens (tertiary/aromatic N) is 2. The van der Waals surface area contributed by atoms with Gasteiger partial charge >= 0.3 is 0 Å². The number of hydrogen-bond donors (Lipinski definition) is 1. The molecule has 3 rings (SSSR count). The van der Waals surface area contributed by atoms with Gasteiger partial charge in [0.2, 0.25) is 11.8 Å². The molecule has 41 heavy (non-hydrogen) atoms. The number of carbonyl (C=O) groups is 2. The molecule has 0 bridgehead atoms. The quantitative estimate of drug-likeness (QED) is 0.263. The van der Waals surface area contributed by atoms with Crippen molar-refractivity contribution in [2.24, 2.45) is 5.92 Å². The lowest BCUT2D eigenvalue weighted by Crippen LogP contribution is -2.52. The highest BCUT2D eigenvalue weighted by atomic mass is 35.5. The predicted octanol–water partition coefficient (Wildman–Crippen LogP) is 5.51. The van der Waals surface area contributed by atoms with E-state index < -0.39 is 28.5 Å². The molecule has 0 aliphatic rings. The van der Waals surface area contributed by atoms with Crippen LogP contribution >= 0.6 is 11.6 Å². The third-order valence-electron chi connectivity index (χ3n) is 6.38. The molecule has 1 N–H and O–H groups in total. The van der Waals surface area contributed by atoms with Crippen LogP contribution < -0.4 is 14.4 Å². The van der Waals surface area contributed by atoms with Gasteiger partial charge in [-0.2, -0.15) is 0 Å². The monoisotopic (exact) mass is 599 g/mol. The molecule has 0 radical (unpaired) electrons. The zero-order valence-corrected chi connectivity index (χ0v) is 25.5. The van der Waals surface area contributed by atoms with Crippen LogP contribution in [0.5, 0.6) is 5.75 Å². The first-order chi connectivity index (χ1) is 19.6. The fourth-order valence-electron chi connectivity index (χ4n) is 4.26. The lowest BCUT2D eigenvalue weighted by molar-refractivity contribution is -0.140. The molecule has 10 heteroatoms. The van der Waals surface area contributed by atoms with Gasteiger partial charge in [0.1, 0.15) is 18.3 Å². The van der Waals surface area contributed by atoms with Gasteiger partial charge in [0.25, 0.3) is 10.0 Å². The number of ether oxygens (including phenoxy) is 1. The van der Waals surface area contributed by atoms with Crippen molar-refractivity contribution in [3.63, 3.8) is 0 Å². The molecule has 0 heterocycles. The first-order valence-electron chi connectivity index (χ1n) is 13.7. The van der Waals surface area contributed by atoms with E-state index >= 15 is 0 Å². The van der Waals surface area contributed by atoms with Crippen LogP contribution in [0, 0.1) is 5.92 Å². The molecule has 0 saturated heterocycles. The van der Waals surface area contributed by atoms with Crippen LogP contribution in [0.2, 0.25) is 5.02 Å². The highest BCUT2D eigenvalue weighted by Crippen LogP contribution is 2.27. The van der Waals surface area contributed by atoms with Gasteiger partial charge in [0.05, 0.1) is 17.2 Å². The van der Waals surface area contributed by atoms with E-state index in [9.17, 15) is 18.0 Å². The number of amides is 2. The third kappa shape index (κ3) is 8.71. The smallest absolute Gasteiger partial charge is 0.264 e. The summed E-state index contributed by atoms with van der Waals surface area (Å²) in [6.45, 7) is 8.22. The summed E-state index contributed by atoms with van der Waals surface area (Å²) in [6, 6.07) is 20.8. The average Bonchev–Trinajstić information content (AvgIpc) is 2.96. The SMILES string of the molecule is CCOc1ccc(N(CC(=O)N(Cc2ccccc2)[C@H](CC)C(=O)NCC(C)C)S(=O)(=O)c2ccc(Cl)cc2)cc1. The number of carbonyl (C=O) groups excluding carboxylic acids is 2. The van der Waals surface area contributed by atoms with E-state index in [4.69, 9.17) is 16.3 Å². The molecule has 3 aromatic carbocycles. The molecule has 2 amide bonds. The van der Waals surface area contributed by atoms with Crippen molar-refractivity contribution in [3.8, 4) is 5.75 Å². The molecular weight excluding hydrogens is 562 g/mol. The molecule has 0 unspecified atom stereocenters. The summed E-state index contributed by atoms with van der Waals surface area (Å²) in [5.74, 6) is 0.0184. The molecule has 0 fully saturated rings. The number of hydrogen-bond acceptors (Lipinski definition) is 5. The highest BCUT2D eigenvalue weighted by molar-refractivity contribution is 7.92. The number of benzene rings is 3. The Labute approximate surface area is 248 Å². The summed E-state index contributed by atoms with van der Waals surface area (Å²) in [6.07, 6.45) is 0.357. The average molecular weight is 600 g/mol. The minimum absolute atomic E-state index is 0.0140. The maximum Gasteiger partial charge on any atom is 0.264 e. The van der Waals surface area contributed by atoms with Crippen molar-refractivity contribution in [1.82, 2.24) is 10.2 Å². The Morgan fingerprint density at radius 1 is 0.927 bits per heavy atom. The van der Waals surface area contributed by atoms with Crippen molar-refractivity contribution in [2.45, 2.75) is 51.6 Å². The van der Waals surface area contributed by atoms with E-state index in [1.165, 1.54) is 29.2 Å². The third-order valence-corrected chi connectivity index (χ3v) is 8.42. The Bertz CT molecular complexity index is 1380. The Hall–Kier alpha value is -3.56. The minimum atomic E-state index is -4.19. The van der Waals surface area contributed by atoms with Gasteiger partial charge in [-0.25, -0.2) is 8.42 Å². The maximum atomic E-state index is 14.1. The van der Waals surface area contributed by atoms with Gasteiger partial charge in [-0.1, -0.05) is 62.7 Å². The molecule has 8 nitrogen and oxygen atoms in total. The number of anilines is 1. The van der Waals surface area contributed by atoms with Crippen LogP contribution in [0.3, 0.4) is 0 Å². The van der Waals surface area contributed by atoms with Gasteiger partial charge in [0, 0.05) is 18.1 Å². The lowest BCUT2D eigenvalue weighted by Gasteiger charge is -2.33. The van der Waals surface area contributed by atoms with E-state index in [2.05, 4.69) is 5.32 Å². The van der Waals surface area contributed by atoms with Crippen molar-refractivity contribution in [1.29, 1.82) is 0 Å². The first kappa shape index (κ1) is 32.0. The zero-order chi connectivity index (χ0) is 30.0. The van der Waals surface area contributed by atoms with E-state index in [-0.39, 0.29) is 29.0 Å². The highest BCUT2D eigenvalue weighted by Gasteiger charge is 2.33. The summed E-state index contributed by atoms with van der Waals surface area (Å²) >= 11 is 6.01. The van der Waals surface area contributed by atoms with E-state index in [0.29, 0.717) is 30.3 Å². The van der Waals surface area contributed by atoms with Crippen LogP contribution in [0.1, 0.15) is 39.7 Å². The molecule has 0 spiro atoms. The van der Waals surface area contributed by atoms with Gasteiger partial charge in [-0.15, -0.1) is 0 Å². The van der Waals surface area contributed by atoms with Crippen molar-refractivity contribution in [2.75, 3.05) is 24.0 Å². The molecule has 0 aliphatic carbocycles.